The fraction of sp³-hybridized carbons (Fsp3) is 0.611. The molecule has 5 amide bonds. The van der Waals surface area contributed by atoms with Gasteiger partial charge in [0.2, 0.25) is 29.5 Å². The molecule has 10 N–H and O–H groups in total. The Kier molecular flexibility index (Phi) is 37.6. The minimum atomic E-state index is -2.51. The third kappa shape index (κ3) is 27.4. The number of aromatic nitrogens is 10. The highest BCUT2D eigenvalue weighted by Gasteiger charge is 2.53. The van der Waals surface area contributed by atoms with Crippen molar-refractivity contribution >= 4 is 92.8 Å². The van der Waals surface area contributed by atoms with Crippen LogP contribution in [0.2, 0.25) is 0 Å². The Balaban J connectivity index is 0.526. The number of nitrogens with two attached hydrogens (primary N) is 2. The van der Waals surface area contributed by atoms with Crippen molar-refractivity contribution in [2.24, 2.45) is 35.3 Å². The molecule has 5 fully saturated rings. The Hall–Kier alpha value is -11.0. The monoisotopic (exact) mass is 1860 g/mol. The van der Waals surface area contributed by atoms with Gasteiger partial charge in [-0.25, -0.2) is 49.2 Å². The van der Waals surface area contributed by atoms with E-state index >= 15 is 0 Å². The molecule has 0 radical (unpaired) electrons. The number of carbonyl (C=O) groups is 9. The number of carbonyl (C=O) groups excluding carboxylic acids is 9. The number of rotatable bonds is 30. The van der Waals surface area contributed by atoms with Gasteiger partial charge in [0.05, 0.1) is 62.1 Å². The van der Waals surface area contributed by atoms with Crippen LogP contribution in [-0.2, 0) is 84.5 Å². The summed E-state index contributed by atoms with van der Waals surface area (Å²) in [6, 6.07) is 1.69. The summed E-state index contributed by atoms with van der Waals surface area (Å²) in [7, 11) is 4.43. The van der Waals surface area contributed by atoms with E-state index in [4.69, 9.17) is 54.5 Å². The molecule has 6 aromatic heterocycles. The van der Waals surface area contributed by atoms with Crippen molar-refractivity contribution in [3.8, 4) is 11.3 Å². The molecule has 11 heterocycles. The number of anilines is 3. The summed E-state index contributed by atoms with van der Waals surface area (Å²) in [6.45, 7) is 18.6. The lowest BCUT2D eigenvalue weighted by Gasteiger charge is -2.42. The van der Waals surface area contributed by atoms with Gasteiger partial charge in [-0.1, -0.05) is 64.2 Å². The van der Waals surface area contributed by atoms with Crippen LogP contribution >= 0.6 is 0 Å². The van der Waals surface area contributed by atoms with Crippen LogP contribution in [0.5, 0.6) is 0 Å². The first-order valence-corrected chi connectivity index (χ1v) is 47.0. The lowest BCUT2D eigenvalue weighted by atomic mass is 9.80. The highest BCUT2D eigenvalue weighted by molar-refractivity contribution is 6.39. The van der Waals surface area contributed by atoms with Crippen LogP contribution in [0.3, 0.4) is 0 Å². The average molecular weight is 1860 g/mol. The van der Waals surface area contributed by atoms with E-state index in [9.17, 15) is 53.4 Å². The molecule has 12 rings (SSSR count). The largest absolute Gasteiger partial charge is 0.459 e. The van der Waals surface area contributed by atoms with Gasteiger partial charge in [0.25, 0.3) is 17.6 Å². The van der Waals surface area contributed by atoms with Crippen molar-refractivity contribution in [2.45, 2.75) is 218 Å². The lowest BCUT2D eigenvalue weighted by Crippen LogP contribution is -2.61. The zero-order valence-electron chi connectivity index (χ0n) is 78.5. The number of ether oxygens (including phenoxy) is 8. The summed E-state index contributed by atoms with van der Waals surface area (Å²) in [5, 5.41) is 38.8. The molecular weight excluding hydrogens is 1730 g/mol. The van der Waals surface area contributed by atoms with Crippen LogP contribution in [0.1, 0.15) is 160 Å². The normalized spacial score (nSPS) is 27.1. The molecule has 39 heteroatoms. The zero-order chi connectivity index (χ0) is 95.5. The number of aliphatic hydroxyl groups excluding tert-OH is 1. The fourth-order valence-corrected chi connectivity index (χ4v) is 18.3. The number of H-pyrrole nitrogens is 1. The quantitative estimate of drug-likeness (QED) is 0.0107. The van der Waals surface area contributed by atoms with E-state index in [-0.39, 0.29) is 113 Å². The van der Waals surface area contributed by atoms with Crippen LogP contribution in [0.25, 0.3) is 33.3 Å². The van der Waals surface area contributed by atoms with Crippen LogP contribution in [0, 0.1) is 29.6 Å². The first kappa shape index (κ1) is 102. The van der Waals surface area contributed by atoms with Gasteiger partial charge in [0.15, 0.2) is 11.4 Å². The molecule has 15 atom stereocenters. The van der Waals surface area contributed by atoms with Crippen LogP contribution in [0.15, 0.2) is 103 Å². The number of methoxy groups -OCH3 is 3. The van der Waals surface area contributed by atoms with Gasteiger partial charge in [-0.05, 0) is 126 Å². The molecular formula is C95H134N20O19. The highest BCUT2D eigenvalue weighted by Crippen LogP contribution is 2.39. The first-order valence-electron chi connectivity index (χ1n) is 47.0. The molecule has 0 aromatic carbocycles. The number of aromatic amines is 1. The number of amides is 5. The standard InChI is InChI=1S/C95H134N20O19/c1-59-17-11-10-12-18-60(2)75(127-7)50-70-22-20-64(6)95(126,134-70)85(121)90(123)114-30-15-13-19-72(114)91(124)132-76(51-73(116)61(3)46-63(5)83(120)84(129-9)82(119)62(4)45-59)71(96)47-65-21-23-74(77(48-65)128-8)133-94(125)106-54-66-52-102-92(103-53-66)113-38-36-111(37-39-113)79(118)26-42-131-44-40-110-32-34-112(35-33-110)93-104-56-69(57-105-93)89(122)100-29-43-130-41-25-78(117)98-27-14-16-31-115-88-80(86(97)107-58-108-88)81(109-115)68-49-67-24-28-99-87(67)101-55-68/h10-12,17-18,24,28,46,49,52-53,55-59,61-62,64-65,70-72,74-77,83-84,120,126H,13-16,19-23,25-27,29-45,47-48,50-51,54,96H2,1-9H3,(H,98,117)(H,99,101)(H,100,122)(H,106,125)(H2,97,107,108)/b12-10+,17-11+,60-18+,63-46+/t59-,61-,62-,64-,65+,70+,71-,72+,74-,75+,76+,77-,83-,84+,95-/m1/s1. The van der Waals surface area contributed by atoms with E-state index in [1.54, 1.807) is 59.5 Å². The number of pyridine rings is 1. The number of Topliss-reactive ketones (excluding diaryl/α,β-unsaturated/α-hetero) is 3. The number of ketones is 3. The second kappa shape index (κ2) is 49.5. The summed E-state index contributed by atoms with van der Waals surface area (Å²) < 4.78 is 49.3. The minimum absolute atomic E-state index is 0.000465. The number of hydrogen-bond donors (Lipinski definition) is 8. The third-order valence-electron chi connectivity index (χ3n) is 26.4. The van der Waals surface area contributed by atoms with Crippen molar-refractivity contribution in [1.29, 1.82) is 0 Å². The number of alkyl carbamates (subject to hydrolysis) is 1. The van der Waals surface area contributed by atoms with Crippen molar-refractivity contribution in [1.82, 2.24) is 80.3 Å². The SMILES string of the molecule is CO[C@H]1C[C@@H]2CC[C@@H](C)[C@@](O)(O2)C(=O)C(=O)N2CCCC[C@H]2C(=O)O[C@H]([C@H](N)C[C@@H]2CC[C@@H](OC(=O)NCc3cnc(N4CCN(C(=O)CCOCCN5CCN(c6ncc(C(=O)NCCOCCC(=O)NCCCCn7nc(-c8cnc9[nH]ccc9c8)c8c(N)ncnc87)cn6)CC5)CC4)nc3)[C@H](OC)C2)CC(=O)[C@H](C)/C=C(\C)[C@@H](O)[C@@H](OC)C(=O)[C@H](C)C[C@H](C)/C=C/C=C/C=C/1C. The minimum Gasteiger partial charge on any atom is -0.459 e. The summed E-state index contributed by atoms with van der Waals surface area (Å²) in [5.41, 5.74) is 18.3. The Labute approximate surface area is 781 Å². The molecule has 5 aliphatic heterocycles. The average Bonchev–Trinajstić information content (AvgIpc) is 1.57. The maximum atomic E-state index is 14.8. The number of unbranched alkanes of at least 4 members (excludes halogenated alkanes) is 1. The third-order valence-corrected chi connectivity index (χ3v) is 26.4. The van der Waals surface area contributed by atoms with Gasteiger partial charge < -0.3 is 100 Å². The van der Waals surface area contributed by atoms with Gasteiger partial charge in [0.1, 0.15) is 59.7 Å². The number of piperidine rings is 1. The summed E-state index contributed by atoms with van der Waals surface area (Å²) in [6.07, 6.45) is 20.9. The number of allylic oxidation sites excluding steroid dienone is 6. The topological polar surface area (TPSA) is 496 Å². The van der Waals surface area contributed by atoms with Crippen LogP contribution in [0.4, 0.5) is 22.5 Å². The Morgan fingerprint density at radius 3 is 2.19 bits per heavy atom. The molecule has 728 valence electrons. The van der Waals surface area contributed by atoms with Crippen molar-refractivity contribution < 1.29 is 91.3 Å². The maximum absolute atomic E-state index is 14.8. The smallest absolute Gasteiger partial charge is 0.407 e. The Bertz CT molecular complexity index is 5070. The van der Waals surface area contributed by atoms with Gasteiger partial charge in [-0.3, -0.25) is 38.5 Å². The van der Waals surface area contributed by atoms with Crippen molar-refractivity contribution in [2.75, 3.05) is 142 Å². The highest BCUT2D eigenvalue weighted by atomic mass is 16.6. The summed E-state index contributed by atoms with van der Waals surface area (Å²) >= 11 is 0. The van der Waals surface area contributed by atoms with E-state index in [1.165, 1.54) is 32.9 Å². The number of aryl methyl sites for hydroxylation is 1. The molecule has 0 spiro atoms. The number of nitrogen functional groups attached to an aromatic ring is 1. The summed E-state index contributed by atoms with van der Waals surface area (Å²) in [4.78, 5) is 168. The second-order valence-electron chi connectivity index (χ2n) is 36.1. The van der Waals surface area contributed by atoms with Gasteiger partial charge in [0, 0.05) is 210 Å². The number of cyclic esters (lactones) is 1. The molecule has 4 saturated heterocycles. The molecule has 134 heavy (non-hydrogen) atoms. The maximum Gasteiger partial charge on any atom is 0.407 e. The predicted octanol–water partition coefficient (Wildman–Crippen LogP) is 6.26. The molecule has 0 unspecified atom stereocenters. The first-order chi connectivity index (χ1) is 64.6. The molecule has 6 aliphatic rings. The van der Waals surface area contributed by atoms with Gasteiger partial charge >= 0.3 is 12.1 Å². The van der Waals surface area contributed by atoms with Gasteiger partial charge in [-0.15, -0.1) is 0 Å². The number of piperazine rings is 2. The zero-order valence-corrected chi connectivity index (χ0v) is 78.5. The number of nitrogens with one attached hydrogen (secondary N) is 4. The number of esters is 1. The fourth-order valence-electron chi connectivity index (χ4n) is 18.3. The molecule has 1 aliphatic carbocycles. The van der Waals surface area contributed by atoms with Crippen LogP contribution < -0.4 is 37.2 Å². The lowest BCUT2D eigenvalue weighted by molar-refractivity contribution is -0.265. The van der Waals surface area contributed by atoms with E-state index < -0.39 is 108 Å². The molecule has 39 nitrogen and oxygen atoms in total. The number of hydrogen-bond acceptors (Lipinski definition) is 32. The van der Waals surface area contributed by atoms with E-state index in [0.717, 1.165) is 46.6 Å². The van der Waals surface area contributed by atoms with E-state index in [2.05, 4.69) is 65.6 Å². The van der Waals surface area contributed by atoms with E-state index in [1.807, 2.05) is 77.0 Å². The van der Waals surface area contributed by atoms with Gasteiger partial charge in [-0.2, -0.15) is 5.10 Å². The Morgan fingerprint density at radius 1 is 0.716 bits per heavy atom. The van der Waals surface area contributed by atoms with E-state index in [0.29, 0.717) is 174 Å². The van der Waals surface area contributed by atoms with Crippen LogP contribution in [-0.4, -0.2) is 314 Å². The second-order valence-corrected chi connectivity index (χ2v) is 36.1. The number of fused-ring (bicyclic) bond motifs is 5. The molecule has 2 bridgehead atoms. The van der Waals surface area contributed by atoms with Crippen molar-refractivity contribution in [3.63, 3.8) is 0 Å². The number of nitrogens with zero attached hydrogens (tertiary/aromatic N) is 14. The predicted molar refractivity (Wildman–Crippen MR) is 497 cm³/mol. The number of aliphatic hydroxyl groups is 2. The Morgan fingerprint density at radius 2 is 1.45 bits per heavy atom. The summed E-state index contributed by atoms with van der Waals surface area (Å²) in [5.74, 6) is -7.91. The van der Waals surface area contributed by atoms with Crippen molar-refractivity contribution in [3.05, 3.63) is 114 Å². The molecule has 1 saturated carbocycles. The molecule has 6 aromatic rings.